The Morgan fingerprint density at radius 1 is 1.08 bits per heavy atom. The van der Waals surface area contributed by atoms with Crippen molar-refractivity contribution in [1.29, 1.82) is 0 Å². The summed E-state index contributed by atoms with van der Waals surface area (Å²) < 4.78 is 13.0. The summed E-state index contributed by atoms with van der Waals surface area (Å²) >= 11 is 3.37. The first-order valence-electron chi connectivity index (χ1n) is 11.7. The minimum atomic E-state index is -0.616. The van der Waals surface area contributed by atoms with E-state index in [0.29, 0.717) is 34.3 Å². The third-order valence-corrected chi connectivity index (χ3v) is 6.17. The van der Waals surface area contributed by atoms with Gasteiger partial charge in [-0.2, -0.15) is 9.78 Å². The summed E-state index contributed by atoms with van der Waals surface area (Å²) in [6, 6.07) is 13.6. The van der Waals surface area contributed by atoms with Crippen LogP contribution in [0.25, 0.3) is 10.9 Å². The predicted octanol–water partition coefficient (Wildman–Crippen LogP) is 5.40. The lowest BCUT2D eigenvalue weighted by molar-refractivity contribution is -0.386. The second-order valence-electron chi connectivity index (χ2n) is 8.34. The Morgan fingerprint density at radius 2 is 1.82 bits per heavy atom. The van der Waals surface area contributed by atoms with Crippen molar-refractivity contribution in [2.45, 2.75) is 26.4 Å². The van der Waals surface area contributed by atoms with Gasteiger partial charge >= 0.3 is 5.69 Å². The molecular formula is C26H22BrN5O7. The third kappa shape index (κ3) is 6.09. The first-order chi connectivity index (χ1) is 18.7. The maximum Gasteiger partial charge on any atom is 0.315 e. The molecule has 0 saturated carbocycles. The van der Waals surface area contributed by atoms with E-state index in [-0.39, 0.29) is 35.0 Å². The van der Waals surface area contributed by atoms with Crippen LogP contribution in [0.1, 0.15) is 30.3 Å². The van der Waals surface area contributed by atoms with Crippen LogP contribution in [0.2, 0.25) is 0 Å². The molecule has 3 aromatic carbocycles. The number of benzene rings is 3. The van der Waals surface area contributed by atoms with E-state index in [9.17, 15) is 25.0 Å². The molecule has 1 heterocycles. The molecule has 4 rings (SSSR count). The van der Waals surface area contributed by atoms with E-state index in [1.807, 2.05) is 6.92 Å². The number of rotatable bonds is 10. The molecule has 200 valence electrons. The number of aryl methyl sites for hydroxylation is 1. The highest BCUT2D eigenvalue weighted by atomic mass is 79.9. The lowest BCUT2D eigenvalue weighted by atomic mass is 10.1. The third-order valence-electron chi connectivity index (χ3n) is 5.68. The molecule has 0 saturated heterocycles. The monoisotopic (exact) mass is 595 g/mol. The molecule has 0 fully saturated rings. The van der Waals surface area contributed by atoms with Gasteiger partial charge in [-0.25, -0.2) is 4.98 Å². The highest BCUT2D eigenvalue weighted by Crippen LogP contribution is 2.38. The van der Waals surface area contributed by atoms with E-state index in [4.69, 9.17) is 9.47 Å². The lowest BCUT2D eigenvalue weighted by Crippen LogP contribution is -2.22. The SMILES string of the molecule is CCCc1nc2ccc(Br)cc2c(=O)n1N=Cc1cc(OC)c(OCc2ccc([N+](=O)[O-])cc2)c([N+](=O)[O-])c1. The highest BCUT2D eigenvalue weighted by Gasteiger charge is 2.22. The first-order valence-corrected chi connectivity index (χ1v) is 12.5. The summed E-state index contributed by atoms with van der Waals surface area (Å²) in [5.41, 5.74) is 0.585. The number of non-ortho nitro benzene ring substituents is 1. The standard InChI is InChI=1S/C26H22BrN5O7/c1-3-4-24-29-21-10-7-18(27)13-20(21)26(33)30(24)28-14-17-11-22(32(36)37)25(23(12-17)38-2)39-15-16-5-8-19(9-6-16)31(34)35/h5-14H,3-4,15H2,1-2H3. The van der Waals surface area contributed by atoms with Gasteiger partial charge in [-0.1, -0.05) is 22.9 Å². The van der Waals surface area contributed by atoms with Gasteiger partial charge in [-0.05, 0) is 48.4 Å². The Kier molecular flexibility index (Phi) is 8.30. The zero-order chi connectivity index (χ0) is 28.1. The van der Waals surface area contributed by atoms with Crippen LogP contribution < -0.4 is 15.0 Å². The van der Waals surface area contributed by atoms with Gasteiger partial charge in [0.1, 0.15) is 12.4 Å². The van der Waals surface area contributed by atoms with Gasteiger partial charge in [0.25, 0.3) is 11.2 Å². The van der Waals surface area contributed by atoms with E-state index in [0.717, 1.165) is 10.9 Å². The average molecular weight is 596 g/mol. The summed E-state index contributed by atoms with van der Waals surface area (Å²) in [7, 11) is 1.34. The fraction of sp³-hybridized carbons (Fsp3) is 0.192. The Bertz CT molecular complexity index is 1650. The summed E-state index contributed by atoms with van der Waals surface area (Å²) in [5, 5.41) is 27.5. The number of aromatic nitrogens is 2. The number of fused-ring (bicyclic) bond motifs is 1. The molecule has 0 aliphatic heterocycles. The number of halogens is 1. The van der Waals surface area contributed by atoms with Gasteiger partial charge in [-0.15, -0.1) is 0 Å². The van der Waals surface area contributed by atoms with Gasteiger partial charge < -0.3 is 9.47 Å². The van der Waals surface area contributed by atoms with Crippen molar-refractivity contribution in [3.05, 3.63) is 107 Å². The number of hydrogen-bond acceptors (Lipinski definition) is 9. The number of methoxy groups -OCH3 is 1. The fourth-order valence-corrected chi connectivity index (χ4v) is 4.17. The van der Waals surface area contributed by atoms with Crippen LogP contribution in [0.5, 0.6) is 11.5 Å². The van der Waals surface area contributed by atoms with Crippen LogP contribution in [-0.2, 0) is 13.0 Å². The largest absolute Gasteiger partial charge is 0.493 e. The zero-order valence-corrected chi connectivity index (χ0v) is 22.5. The van der Waals surface area contributed by atoms with Crippen LogP contribution in [0.4, 0.5) is 11.4 Å². The predicted molar refractivity (Wildman–Crippen MR) is 148 cm³/mol. The number of nitrogens with zero attached hydrogens (tertiary/aromatic N) is 5. The fourth-order valence-electron chi connectivity index (χ4n) is 3.81. The maximum atomic E-state index is 13.2. The summed E-state index contributed by atoms with van der Waals surface area (Å²) in [5.74, 6) is 0.423. The summed E-state index contributed by atoms with van der Waals surface area (Å²) in [6.07, 6.45) is 2.54. The van der Waals surface area contributed by atoms with Crippen molar-refractivity contribution >= 4 is 44.4 Å². The van der Waals surface area contributed by atoms with Crippen LogP contribution in [0.15, 0.2) is 69.0 Å². The summed E-state index contributed by atoms with van der Waals surface area (Å²) in [6.45, 7) is 1.87. The molecule has 0 bridgehead atoms. The molecule has 39 heavy (non-hydrogen) atoms. The van der Waals surface area contributed by atoms with Gasteiger partial charge in [0.15, 0.2) is 5.75 Å². The van der Waals surface area contributed by atoms with Crippen LogP contribution in [0, 0.1) is 20.2 Å². The molecule has 0 radical (unpaired) electrons. The smallest absolute Gasteiger partial charge is 0.315 e. The number of ether oxygens (including phenoxy) is 2. The highest BCUT2D eigenvalue weighted by molar-refractivity contribution is 9.10. The van der Waals surface area contributed by atoms with Gasteiger partial charge in [0.05, 0.1) is 34.1 Å². The van der Waals surface area contributed by atoms with Crippen molar-refractivity contribution < 1.29 is 19.3 Å². The molecule has 1 aromatic heterocycles. The zero-order valence-electron chi connectivity index (χ0n) is 20.9. The van der Waals surface area contributed by atoms with E-state index >= 15 is 0 Å². The molecule has 0 spiro atoms. The first kappa shape index (κ1) is 27.4. The Morgan fingerprint density at radius 3 is 2.46 bits per heavy atom. The Labute approximate surface area is 229 Å². The van der Waals surface area contributed by atoms with Crippen LogP contribution in [-0.4, -0.2) is 32.8 Å². The molecule has 0 atom stereocenters. The number of nitro groups is 2. The maximum absolute atomic E-state index is 13.2. The topological polar surface area (TPSA) is 152 Å². The number of hydrogen-bond donors (Lipinski definition) is 0. The minimum absolute atomic E-state index is 0.0780. The molecule has 0 unspecified atom stereocenters. The van der Waals surface area contributed by atoms with Crippen molar-refractivity contribution in [1.82, 2.24) is 9.66 Å². The van der Waals surface area contributed by atoms with E-state index in [1.165, 1.54) is 54.4 Å². The van der Waals surface area contributed by atoms with E-state index in [2.05, 4.69) is 26.0 Å². The molecule has 0 N–H and O–H groups in total. The minimum Gasteiger partial charge on any atom is -0.493 e. The molecule has 13 heteroatoms. The van der Waals surface area contributed by atoms with Gasteiger partial charge in [-0.3, -0.25) is 25.0 Å². The second kappa shape index (κ2) is 11.8. The molecule has 0 aliphatic carbocycles. The van der Waals surface area contributed by atoms with Crippen LogP contribution in [0.3, 0.4) is 0 Å². The Balaban J connectivity index is 1.70. The molecule has 12 nitrogen and oxygen atoms in total. The van der Waals surface area contributed by atoms with Gasteiger partial charge in [0.2, 0.25) is 5.75 Å². The van der Waals surface area contributed by atoms with E-state index < -0.39 is 9.85 Å². The van der Waals surface area contributed by atoms with Gasteiger partial charge in [0, 0.05) is 34.7 Å². The average Bonchev–Trinajstić information content (AvgIpc) is 2.92. The second-order valence-corrected chi connectivity index (χ2v) is 9.26. The van der Waals surface area contributed by atoms with Crippen LogP contribution >= 0.6 is 15.9 Å². The van der Waals surface area contributed by atoms with E-state index in [1.54, 1.807) is 18.2 Å². The summed E-state index contributed by atoms with van der Waals surface area (Å²) in [4.78, 5) is 39.4. The van der Waals surface area contributed by atoms with Crippen molar-refractivity contribution in [2.75, 3.05) is 7.11 Å². The molecule has 0 aliphatic rings. The molecular weight excluding hydrogens is 574 g/mol. The Hall–Kier alpha value is -4.65. The van der Waals surface area contributed by atoms with Crippen molar-refractivity contribution in [2.24, 2.45) is 5.10 Å². The molecule has 0 amide bonds. The van der Waals surface area contributed by atoms with Crippen molar-refractivity contribution in [3.63, 3.8) is 0 Å². The lowest BCUT2D eigenvalue weighted by Gasteiger charge is -2.12. The quantitative estimate of drug-likeness (QED) is 0.134. The number of nitro benzene ring substituents is 2. The normalized spacial score (nSPS) is 11.2. The molecule has 4 aromatic rings. The van der Waals surface area contributed by atoms with Crippen molar-refractivity contribution in [3.8, 4) is 11.5 Å².